The Morgan fingerprint density at radius 1 is 1.07 bits per heavy atom. The van der Waals surface area contributed by atoms with E-state index in [2.05, 4.69) is 16.0 Å². The fourth-order valence-corrected chi connectivity index (χ4v) is 3.15. The van der Waals surface area contributed by atoms with Crippen molar-refractivity contribution in [1.82, 2.24) is 16.0 Å². The molecule has 0 radical (unpaired) electrons. The lowest BCUT2D eigenvalue weighted by Gasteiger charge is -2.29. The molecule has 0 aliphatic carbocycles. The molecule has 7 nitrogen and oxygen atoms in total. The van der Waals surface area contributed by atoms with E-state index in [1.54, 1.807) is 32.2 Å². The van der Waals surface area contributed by atoms with Gasteiger partial charge in [-0.2, -0.15) is 0 Å². The lowest BCUT2D eigenvalue weighted by Crippen LogP contribution is -2.46. The molecule has 0 aromatic heterocycles. The highest BCUT2D eigenvalue weighted by atomic mass is 16.5. The Balaban J connectivity index is 1.89. The molecule has 0 spiro atoms. The number of hydrogen-bond donors (Lipinski definition) is 3. The van der Waals surface area contributed by atoms with Crippen LogP contribution in [0.25, 0.3) is 0 Å². The van der Waals surface area contributed by atoms with Crippen LogP contribution in [-0.2, 0) is 11.3 Å². The van der Waals surface area contributed by atoms with E-state index in [1.165, 1.54) is 7.11 Å². The lowest BCUT2D eigenvalue weighted by atomic mass is 9.94. The monoisotopic (exact) mass is 381 g/mol. The van der Waals surface area contributed by atoms with Crippen LogP contribution in [-0.4, -0.2) is 26.2 Å². The van der Waals surface area contributed by atoms with Crippen LogP contribution in [0.5, 0.6) is 11.5 Å². The maximum Gasteiger partial charge on any atom is 0.319 e. The number of benzene rings is 2. The molecule has 1 heterocycles. The van der Waals surface area contributed by atoms with Gasteiger partial charge in [-0.05, 0) is 30.2 Å². The maximum absolute atomic E-state index is 12.9. The fraction of sp³-hybridized carbons (Fsp3) is 0.238. The molecular formula is C21H23N3O4. The van der Waals surface area contributed by atoms with Gasteiger partial charge in [0.15, 0.2) is 11.5 Å². The Labute approximate surface area is 163 Å². The van der Waals surface area contributed by atoms with Crippen molar-refractivity contribution in [3.05, 3.63) is 70.9 Å². The number of nitrogens with one attached hydrogen (secondary N) is 3. The first kappa shape index (κ1) is 19.3. The highest BCUT2D eigenvalue weighted by Crippen LogP contribution is 2.34. The van der Waals surface area contributed by atoms with E-state index in [9.17, 15) is 9.59 Å². The van der Waals surface area contributed by atoms with E-state index < -0.39 is 6.04 Å². The molecule has 0 saturated heterocycles. The average Bonchev–Trinajstić information content (AvgIpc) is 2.71. The van der Waals surface area contributed by atoms with Gasteiger partial charge < -0.3 is 25.4 Å². The number of urea groups is 1. The highest BCUT2D eigenvalue weighted by Gasteiger charge is 2.31. The van der Waals surface area contributed by atoms with E-state index in [4.69, 9.17) is 9.47 Å². The summed E-state index contributed by atoms with van der Waals surface area (Å²) in [5.74, 6) is 0.838. The number of methoxy groups -OCH3 is 2. The van der Waals surface area contributed by atoms with Crippen LogP contribution in [0.4, 0.5) is 4.79 Å². The number of carbonyl (C=O) groups excluding carboxylic acids is 2. The third kappa shape index (κ3) is 4.09. The van der Waals surface area contributed by atoms with E-state index in [-0.39, 0.29) is 11.9 Å². The van der Waals surface area contributed by atoms with Gasteiger partial charge in [-0.25, -0.2) is 4.79 Å². The van der Waals surface area contributed by atoms with Crippen LogP contribution < -0.4 is 25.4 Å². The molecule has 1 aliphatic rings. The first-order valence-corrected chi connectivity index (χ1v) is 8.85. The van der Waals surface area contributed by atoms with Crippen molar-refractivity contribution >= 4 is 11.9 Å². The summed E-state index contributed by atoms with van der Waals surface area (Å²) in [6.45, 7) is 2.10. The van der Waals surface area contributed by atoms with Crippen LogP contribution in [0.2, 0.25) is 0 Å². The van der Waals surface area contributed by atoms with Gasteiger partial charge in [0, 0.05) is 12.2 Å². The second-order valence-corrected chi connectivity index (χ2v) is 6.35. The number of carbonyl (C=O) groups is 2. The summed E-state index contributed by atoms with van der Waals surface area (Å²) >= 11 is 0. The van der Waals surface area contributed by atoms with Crippen LogP contribution >= 0.6 is 0 Å². The van der Waals surface area contributed by atoms with Crippen LogP contribution in [0, 0.1) is 0 Å². The van der Waals surface area contributed by atoms with Gasteiger partial charge in [0.05, 0.1) is 25.8 Å². The molecular weight excluding hydrogens is 358 g/mol. The van der Waals surface area contributed by atoms with Crippen molar-refractivity contribution in [1.29, 1.82) is 0 Å². The van der Waals surface area contributed by atoms with E-state index >= 15 is 0 Å². The van der Waals surface area contributed by atoms with Gasteiger partial charge in [0.1, 0.15) is 0 Å². The Bertz CT molecular complexity index is 909. The Hall–Kier alpha value is -3.48. The van der Waals surface area contributed by atoms with Gasteiger partial charge >= 0.3 is 6.03 Å². The molecule has 3 amide bonds. The average molecular weight is 381 g/mol. The van der Waals surface area contributed by atoms with Gasteiger partial charge in [0.2, 0.25) is 0 Å². The molecule has 28 heavy (non-hydrogen) atoms. The summed E-state index contributed by atoms with van der Waals surface area (Å²) in [6, 6.07) is 14.0. The third-order valence-electron chi connectivity index (χ3n) is 4.55. The van der Waals surface area contributed by atoms with Crippen molar-refractivity contribution in [3.63, 3.8) is 0 Å². The molecule has 7 heteroatoms. The minimum Gasteiger partial charge on any atom is -0.493 e. The summed E-state index contributed by atoms with van der Waals surface area (Å²) < 4.78 is 10.6. The highest BCUT2D eigenvalue weighted by molar-refractivity contribution is 5.98. The Kier molecular flexibility index (Phi) is 5.84. The van der Waals surface area contributed by atoms with Crippen LogP contribution in [0.1, 0.15) is 24.1 Å². The molecule has 3 N–H and O–H groups in total. The predicted octanol–water partition coefficient (Wildman–Crippen LogP) is 2.65. The Morgan fingerprint density at radius 3 is 2.46 bits per heavy atom. The molecule has 0 saturated carbocycles. The van der Waals surface area contributed by atoms with Gasteiger partial charge in [-0.15, -0.1) is 0 Å². The molecule has 2 aromatic carbocycles. The van der Waals surface area contributed by atoms with E-state index in [1.807, 2.05) is 30.3 Å². The molecule has 0 fully saturated rings. The van der Waals surface area contributed by atoms with Gasteiger partial charge in [-0.3, -0.25) is 4.79 Å². The molecule has 146 valence electrons. The molecule has 2 aromatic rings. The predicted molar refractivity (Wildman–Crippen MR) is 105 cm³/mol. The van der Waals surface area contributed by atoms with Crippen LogP contribution in [0.3, 0.4) is 0 Å². The number of amides is 3. The number of ether oxygens (including phenoxy) is 2. The standard InChI is InChI=1S/C21H23N3O4/c1-13-18(20(25)22-12-14-7-5-4-6-8-14)19(24-21(26)23-13)15-9-10-16(27-2)17(11-15)28-3/h4-11,19H,12H2,1-3H3,(H,22,25)(H2,23,24,26). The SMILES string of the molecule is COc1ccc(C2NC(=O)NC(C)=C2C(=O)NCc2ccccc2)cc1OC. The fourth-order valence-electron chi connectivity index (χ4n) is 3.15. The lowest BCUT2D eigenvalue weighted by molar-refractivity contribution is -0.118. The quantitative estimate of drug-likeness (QED) is 0.718. The molecule has 0 bridgehead atoms. The smallest absolute Gasteiger partial charge is 0.319 e. The third-order valence-corrected chi connectivity index (χ3v) is 4.55. The first-order chi connectivity index (χ1) is 13.5. The zero-order chi connectivity index (χ0) is 20.1. The molecule has 3 rings (SSSR count). The van der Waals surface area contributed by atoms with Crippen LogP contribution in [0.15, 0.2) is 59.8 Å². The van der Waals surface area contributed by atoms with Crippen molar-refractivity contribution in [2.45, 2.75) is 19.5 Å². The number of hydrogen-bond acceptors (Lipinski definition) is 4. The zero-order valence-electron chi connectivity index (χ0n) is 16.0. The second kappa shape index (κ2) is 8.47. The first-order valence-electron chi connectivity index (χ1n) is 8.85. The number of allylic oxidation sites excluding steroid dienone is 1. The second-order valence-electron chi connectivity index (χ2n) is 6.35. The maximum atomic E-state index is 12.9. The van der Waals surface area contributed by atoms with Gasteiger partial charge in [-0.1, -0.05) is 36.4 Å². The summed E-state index contributed by atoms with van der Waals surface area (Å²) in [5, 5.41) is 8.41. The summed E-state index contributed by atoms with van der Waals surface area (Å²) in [5.41, 5.74) is 2.66. The van der Waals surface area contributed by atoms with Crippen molar-refractivity contribution in [2.75, 3.05) is 14.2 Å². The molecule has 1 atom stereocenters. The van der Waals surface area contributed by atoms with Gasteiger partial charge in [0.25, 0.3) is 5.91 Å². The summed E-state index contributed by atoms with van der Waals surface area (Å²) in [4.78, 5) is 25.0. The van der Waals surface area contributed by atoms with Crippen molar-refractivity contribution in [2.24, 2.45) is 0 Å². The largest absolute Gasteiger partial charge is 0.493 e. The Morgan fingerprint density at radius 2 is 1.79 bits per heavy atom. The minimum atomic E-state index is -0.607. The van der Waals surface area contributed by atoms with E-state index in [0.29, 0.717) is 29.3 Å². The van der Waals surface area contributed by atoms with Crippen molar-refractivity contribution in [3.8, 4) is 11.5 Å². The normalized spacial score (nSPS) is 16.1. The summed E-state index contributed by atoms with van der Waals surface area (Å²) in [6.07, 6.45) is 0. The van der Waals surface area contributed by atoms with E-state index in [0.717, 1.165) is 11.1 Å². The number of rotatable bonds is 6. The zero-order valence-corrected chi connectivity index (χ0v) is 16.0. The summed E-state index contributed by atoms with van der Waals surface area (Å²) in [7, 11) is 3.09. The van der Waals surface area contributed by atoms with Crippen molar-refractivity contribution < 1.29 is 19.1 Å². The minimum absolute atomic E-state index is 0.256. The molecule has 1 aliphatic heterocycles. The topological polar surface area (TPSA) is 88.7 Å². The molecule has 1 unspecified atom stereocenters.